The van der Waals surface area contributed by atoms with Crippen LogP contribution in [0.3, 0.4) is 0 Å². The zero-order valence-electron chi connectivity index (χ0n) is 13.2. The van der Waals surface area contributed by atoms with Crippen molar-refractivity contribution in [1.29, 1.82) is 0 Å². The van der Waals surface area contributed by atoms with Crippen LogP contribution in [-0.4, -0.2) is 35.1 Å². The van der Waals surface area contributed by atoms with E-state index in [9.17, 15) is 14.5 Å². The summed E-state index contributed by atoms with van der Waals surface area (Å²) in [6, 6.07) is 6.20. The van der Waals surface area contributed by atoms with Crippen molar-refractivity contribution in [2.24, 2.45) is 0 Å². The predicted molar refractivity (Wildman–Crippen MR) is 83.3 cm³/mol. The van der Waals surface area contributed by atoms with Gasteiger partial charge in [0.15, 0.2) is 0 Å². The molecule has 1 aliphatic rings. The number of aromatic nitrogens is 5. The van der Waals surface area contributed by atoms with E-state index in [0.29, 0.717) is 18.8 Å². The molecule has 25 heavy (non-hydrogen) atoms. The van der Waals surface area contributed by atoms with Crippen molar-refractivity contribution in [3.63, 3.8) is 0 Å². The number of ether oxygens (including phenoxy) is 1. The Morgan fingerprint density at radius 3 is 2.80 bits per heavy atom. The Morgan fingerprint density at radius 1 is 1.36 bits per heavy atom. The fourth-order valence-corrected chi connectivity index (χ4v) is 2.83. The minimum absolute atomic E-state index is 0.216. The quantitative estimate of drug-likeness (QED) is 0.530. The van der Waals surface area contributed by atoms with Crippen molar-refractivity contribution in [3.8, 4) is 17.3 Å². The highest BCUT2D eigenvalue weighted by Gasteiger charge is 2.41. The minimum atomic E-state index is -0.648. The number of fused-ring (bicyclic) bond motifs is 1. The van der Waals surface area contributed by atoms with Crippen LogP contribution in [0.25, 0.3) is 11.3 Å². The minimum Gasteiger partial charge on any atom is -0.436 e. The van der Waals surface area contributed by atoms with Crippen LogP contribution in [0.15, 0.2) is 36.7 Å². The van der Waals surface area contributed by atoms with Gasteiger partial charge >= 0.3 is 11.8 Å². The number of nitro groups is 1. The summed E-state index contributed by atoms with van der Waals surface area (Å²) in [5.74, 6) is -0.553. The standard InChI is InChI=1S/C15H13FN6O3/c1-15(8-20-7-13(22(23)24)17-14(20)25-15)9-21-6-12(18-19-21)10-2-4-11(16)5-3-10/h2-7H,8-9H2,1H3/t15-/m1/s1. The second-order valence-corrected chi connectivity index (χ2v) is 6.13. The zero-order valence-corrected chi connectivity index (χ0v) is 13.2. The van der Waals surface area contributed by atoms with Gasteiger partial charge in [-0.25, -0.2) is 9.07 Å². The smallest absolute Gasteiger partial charge is 0.415 e. The monoisotopic (exact) mass is 344 g/mol. The SMILES string of the molecule is C[C@]1(Cn2cc(-c3ccc(F)cc3)nn2)Cn2cc([N+](=O)[O-])nc2O1. The van der Waals surface area contributed by atoms with Gasteiger partial charge < -0.3 is 14.9 Å². The number of hydrogen-bond donors (Lipinski definition) is 0. The van der Waals surface area contributed by atoms with E-state index >= 15 is 0 Å². The summed E-state index contributed by atoms with van der Waals surface area (Å²) in [6.07, 6.45) is 3.09. The molecule has 9 nitrogen and oxygen atoms in total. The highest BCUT2D eigenvalue weighted by atomic mass is 19.1. The third-order valence-corrected chi connectivity index (χ3v) is 3.93. The fourth-order valence-electron chi connectivity index (χ4n) is 2.83. The van der Waals surface area contributed by atoms with Crippen molar-refractivity contribution in [3.05, 3.63) is 52.6 Å². The van der Waals surface area contributed by atoms with Gasteiger partial charge in [0.05, 0.1) is 19.3 Å². The maximum atomic E-state index is 13.0. The molecule has 1 aromatic carbocycles. The van der Waals surface area contributed by atoms with Crippen LogP contribution in [0.2, 0.25) is 0 Å². The van der Waals surface area contributed by atoms with Crippen molar-refractivity contribution >= 4 is 5.82 Å². The van der Waals surface area contributed by atoms with Gasteiger partial charge in [-0.1, -0.05) is 5.21 Å². The van der Waals surface area contributed by atoms with Crippen molar-refractivity contribution in [1.82, 2.24) is 24.5 Å². The molecule has 3 aromatic rings. The number of nitrogens with zero attached hydrogens (tertiary/aromatic N) is 6. The molecule has 2 aromatic heterocycles. The van der Waals surface area contributed by atoms with Gasteiger partial charge in [0.2, 0.25) is 0 Å². The first-order chi connectivity index (χ1) is 11.9. The van der Waals surface area contributed by atoms with E-state index in [-0.39, 0.29) is 17.6 Å². The van der Waals surface area contributed by atoms with Crippen LogP contribution in [0.4, 0.5) is 10.2 Å². The second kappa shape index (κ2) is 5.36. The lowest BCUT2D eigenvalue weighted by Crippen LogP contribution is -2.36. The molecule has 0 saturated carbocycles. The van der Waals surface area contributed by atoms with Crippen molar-refractivity contribution in [2.75, 3.05) is 0 Å². The molecule has 0 fully saturated rings. The summed E-state index contributed by atoms with van der Waals surface area (Å²) in [4.78, 5) is 14.0. The lowest BCUT2D eigenvalue weighted by Gasteiger charge is -2.21. The molecular weight excluding hydrogens is 331 g/mol. The molecular formula is C15H13FN6O3. The molecule has 4 rings (SSSR count). The molecule has 1 atom stereocenters. The van der Waals surface area contributed by atoms with Crippen LogP contribution in [0.1, 0.15) is 6.92 Å². The van der Waals surface area contributed by atoms with E-state index in [1.165, 1.54) is 18.3 Å². The number of halogens is 1. The van der Waals surface area contributed by atoms with Gasteiger partial charge in [0, 0.05) is 10.5 Å². The molecule has 0 aliphatic carbocycles. The molecule has 3 heterocycles. The Hall–Kier alpha value is -3.30. The Kier molecular flexibility index (Phi) is 3.27. The second-order valence-electron chi connectivity index (χ2n) is 6.13. The lowest BCUT2D eigenvalue weighted by atomic mass is 10.1. The third-order valence-electron chi connectivity index (χ3n) is 3.93. The molecule has 0 radical (unpaired) electrons. The maximum Gasteiger partial charge on any atom is 0.415 e. The molecule has 0 amide bonds. The Morgan fingerprint density at radius 2 is 2.12 bits per heavy atom. The van der Waals surface area contributed by atoms with Gasteiger partial charge in [-0.3, -0.25) is 4.57 Å². The van der Waals surface area contributed by atoms with Gasteiger partial charge in [-0.05, 0) is 36.1 Å². The summed E-state index contributed by atoms with van der Waals surface area (Å²) in [5.41, 5.74) is 0.731. The molecule has 128 valence electrons. The highest BCUT2D eigenvalue weighted by molar-refractivity contribution is 5.57. The summed E-state index contributed by atoms with van der Waals surface area (Å²) in [7, 11) is 0. The van der Waals surface area contributed by atoms with E-state index in [1.807, 2.05) is 6.92 Å². The van der Waals surface area contributed by atoms with Crippen LogP contribution >= 0.6 is 0 Å². The van der Waals surface area contributed by atoms with Gasteiger partial charge in [-0.2, -0.15) is 0 Å². The normalized spacial score (nSPS) is 18.8. The molecule has 10 heteroatoms. The molecule has 1 aliphatic heterocycles. The first kappa shape index (κ1) is 15.2. The topological polar surface area (TPSA) is 101 Å². The van der Waals surface area contributed by atoms with Crippen molar-refractivity contribution in [2.45, 2.75) is 25.6 Å². The molecule has 0 saturated heterocycles. The maximum absolute atomic E-state index is 13.0. The Labute approximate surface area is 140 Å². The summed E-state index contributed by atoms with van der Waals surface area (Å²) >= 11 is 0. The van der Waals surface area contributed by atoms with E-state index in [4.69, 9.17) is 4.74 Å². The number of benzene rings is 1. The lowest BCUT2D eigenvalue weighted by molar-refractivity contribution is -0.389. The highest BCUT2D eigenvalue weighted by Crippen LogP contribution is 2.32. The predicted octanol–water partition coefficient (Wildman–Crippen LogP) is 2.04. The summed E-state index contributed by atoms with van der Waals surface area (Å²) in [5, 5.41) is 18.9. The van der Waals surface area contributed by atoms with Crippen LogP contribution in [-0.2, 0) is 13.1 Å². The zero-order chi connectivity index (χ0) is 17.6. The van der Waals surface area contributed by atoms with E-state index in [1.54, 1.807) is 27.6 Å². The fraction of sp³-hybridized carbons (Fsp3) is 0.267. The first-order valence-electron chi connectivity index (χ1n) is 7.49. The molecule has 0 bridgehead atoms. The Balaban J connectivity index is 1.50. The van der Waals surface area contributed by atoms with E-state index in [0.717, 1.165) is 5.56 Å². The summed E-state index contributed by atoms with van der Waals surface area (Å²) in [6.45, 7) is 2.67. The van der Waals surface area contributed by atoms with Gasteiger partial charge in [0.25, 0.3) is 0 Å². The van der Waals surface area contributed by atoms with Crippen LogP contribution in [0, 0.1) is 15.9 Å². The van der Waals surface area contributed by atoms with Gasteiger partial charge in [-0.15, -0.1) is 5.10 Å². The largest absolute Gasteiger partial charge is 0.436 e. The van der Waals surface area contributed by atoms with Crippen LogP contribution < -0.4 is 4.74 Å². The van der Waals surface area contributed by atoms with Crippen molar-refractivity contribution < 1.29 is 14.1 Å². The molecule has 0 unspecified atom stereocenters. The Bertz CT molecular complexity index is 925. The molecule has 0 spiro atoms. The van der Waals surface area contributed by atoms with Gasteiger partial charge in [0.1, 0.15) is 23.3 Å². The molecule has 0 N–H and O–H groups in total. The van der Waals surface area contributed by atoms with E-state index < -0.39 is 10.5 Å². The average Bonchev–Trinajstić information content (AvgIpc) is 3.21. The third kappa shape index (κ3) is 2.82. The average molecular weight is 344 g/mol. The van der Waals surface area contributed by atoms with Crippen LogP contribution in [0.5, 0.6) is 6.01 Å². The number of rotatable bonds is 4. The number of hydrogen-bond acceptors (Lipinski definition) is 6. The number of imidazole rings is 1. The first-order valence-corrected chi connectivity index (χ1v) is 7.49. The summed E-state index contributed by atoms with van der Waals surface area (Å²) < 4.78 is 22.0. The van der Waals surface area contributed by atoms with E-state index in [2.05, 4.69) is 15.3 Å².